The molecule has 1 aliphatic rings. The molecule has 0 aliphatic carbocycles. The van der Waals surface area contributed by atoms with Gasteiger partial charge in [0.05, 0.1) is 11.3 Å². The molecule has 6 nitrogen and oxygen atoms in total. The minimum absolute atomic E-state index is 0.144. The summed E-state index contributed by atoms with van der Waals surface area (Å²) in [6.07, 6.45) is 4.87. The molecule has 1 aromatic heterocycles. The van der Waals surface area contributed by atoms with Crippen molar-refractivity contribution < 1.29 is 9.90 Å². The van der Waals surface area contributed by atoms with E-state index in [1.54, 1.807) is 6.92 Å². The van der Waals surface area contributed by atoms with Gasteiger partial charge in [0.2, 0.25) is 5.95 Å². The van der Waals surface area contributed by atoms with E-state index in [-0.39, 0.29) is 5.56 Å². The van der Waals surface area contributed by atoms with Gasteiger partial charge in [0.1, 0.15) is 0 Å². The topological polar surface area (TPSA) is 78.4 Å². The number of rotatable bonds is 3. The molecule has 0 spiro atoms. The van der Waals surface area contributed by atoms with Crippen LogP contribution in [0.3, 0.4) is 0 Å². The Morgan fingerprint density at radius 1 is 1.42 bits per heavy atom. The third-order valence-electron chi connectivity index (χ3n) is 3.63. The number of carbonyl (C=O) groups is 1. The van der Waals surface area contributed by atoms with Crippen LogP contribution in [0, 0.1) is 6.92 Å². The standard InChI is InChI=1S/C13H20N4O2/c1-8-5-4-6-9(2)17(8)16-13-14-7-11(12(18)19)10(3)15-13/h7-9H,4-6H2,1-3H3,(H,18,19)(H,14,15,16). The maximum absolute atomic E-state index is 10.9. The molecule has 0 aromatic carbocycles. The summed E-state index contributed by atoms with van der Waals surface area (Å²) in [5.41, 5.74) is 3.82. The van der Waals surface area contributed by atoms with Gasteiger partial charge < -0.3 is 5.11 Å². The van der Waals surface area contributed by atoms with Crippen LogP contribution in [0.1, 0.15) is 49.2 Å². The van der Waals surface area contributed by atoms with Crippen LogP contribution in [0.5, 0.6) is 0 Å². The van der Waals surface area contributed by atoms with E-state index >= 15 is 0 Å². The van der Waals surface area contributed by atoms with E-state index in [0.29, 0.717) is 23.7 Å². The lowest BCUT2D eigenvalue weighted by Crippen LogP contribution is -2.47. The number of aromatic nitrogens is 2. The lowest BCUT2D eigenvalue weighted by atomic mass is 10.00. The highest BCUT2D eigenvalue weighted by Gasteiger charge is 2.25. The van der Waals surface area contributed by atoms with Crippen molar-refractivity contribution in [3.05, 3.63) is 17.5 Å². The van der Waals surface area contributed by atoms with E-state index < -0.39 is 5.97 Å². The number of hydrogen-bond donors (Lipinski definition) is 2. The van der Waals surface area contributed by atoms with Gasteiger partial charge in [-0.25, -0.2) is 19.8 Å². The molecule has 0 bridgehead atoms. The van der Waals surface area contributed by atoms with Crippen molar-refractivity contribution in [2.24, 2.45) is 0 Å². The number of carboxylic acid groups (broad SMARTS) is 1. The van der Waals surface area contributed by atoms with Crippen LogP contribution in [-0.4, -0.2) is 38.1 Å². The smallest absolute Gasteiger partial charge is 0.339 e. The third-order valence-corrected chi connectivity index (χ3v) is 3.63. The van der Waals surface area contributed by atoms with Gasteiger partial charge in [-0.1, -0.05) is 6.42 Å². The first-order valence-corrected chi connectivity index (χ1v) is 6.61. The monoisotopic (exact) mass is 264 g/mol. The van der Waals surface area contributed by atoms with Gasteiger partial charge in [0.25, 0.3) is 0 Å². The summed E-state index contributed by atoms with van der Waals surface area (Å²) in [6.45, 7) is 6.02. The van der Waals surface area contributed by atoms with Crippen LogP contribution < -0.4 is 5.43 Å². The first-order valence-electron chi connectivity index (χ1n) is 6.61. The predicted molar refractivity (Wildman–Crippen MR) is 72.0 cm³/mol. The maximum atomic E-state index is 10.9. The van der Waals surface area contributed by atoms with Crippen LogP contribution >= 0.6 is 0 Å². The number of piperidine rings is 1. The fourth-order valence-electron chi connectivity index (χ4n) is 2.49. The Labute approximate surface area is 112 Å². The number of aromatic carboxylic acids is 1. The number of nitrogens with zero attached hydrogens (tertiary/aromatic N) is 3. The molecular weight excluding hydrogens is 244 g/mol. The number of carboxylic acids is 1. The van der Waals surface area contributed by atoms with Gasteiger partial charge in [-0.2, -0.15) is 0 Å². The van der Waals surface area contributed by atoms with Crippen LogP contribution in [0.15, 0.2) is 6.20 Å². The Morgan fingerprint density at radius 2 is 2.05 bits per heavy atom. The molecule has 0 saturated carbocycles. The molecule has 1 aromatic rings. The first kappa shape index (κ1) is 13.7. The zero-order chi connectivity index (χ0) is 14.0. The van der Waals surface area contributed by atoms with Gasteiger partial charge in [-0.15, -0.1) is 0 Å². The Morgan fingerprint density at radius 3 is 2.58 bits per heavy atom. The van der Waals surface area contributed by atoms with E-state index in [9.17, 15) is 4.79 Å². The van der Waals surface area contributed by atoms with Crippen molar-refractivity contribution in [1.82, 2.24) is 15.0 Å². The molecule has 0 amide bonds. The third kappa shape index (κ3) is 3.01. The lowest BCUT2D eigenvalue weighted by molar-refractivity contribution is 0.0695. The quantitative estimate of drug-likeness (QED) is 0.870. The summed E-state index contributed by atoms with van der Waals surface area (Å²) < 4.78 is 0. The Kier molecular flexibility index (Phi) is 3.99. The van der Waals surface area contributed by atoms with Crippen LogP contribution in [0.25, 0.3) is 0 Å². The van der Waals surface area contributed by atoms with E-state index in [1.807, 2.05) is 0 Å². The largest absolute Gasteiger partial charge is 0.478 e. The van der Waals surface area contributed by atoms with Gasteiger partial charge >= 0.3 is 5.97 Å². The summed E-state index contributed by atoms with van der Waals surface area (Å²) in [4.78, 5) is 19.2. The Bertz CT molecular complexity index is 468. The zero-order valence-corrected chi connectivity index (χ0v) is 11.6. The van der Waals surface area contributed by atoms with Crippen LogP contribution in [0.4, 0.5) is 5.95 Å². The normalized spacial score (nSPS) is 24.2. The van der Waals surface area contributed by atoms with Crippen LogP contribution in [0.2, 0.25) is 0 Å². The first-order chi connectivity index (χ1) is 8.99. The molecule has 0 radical (unpaired) electrons. The van der Waals surface area contributed by atoms with E-state index in [2.05, 4.69) is 34.3 Å². The average molecular weight is 264 g/mol. The molecule has 104 valence electrons. The highest BCUT2D eigenvalue weighted by Crippen LogP contribution is 2.22. The second-order valence-corrected chi connectivity index (χ2v) is 5.15. The molecule has 2 unspecified atom stereocenters. The summed E-state index contributed by atoms with van der Waals surface area (Å²) in [5.74, 6) is -0.535. The summed E-state index contributed by atoms with van der Waals surface area (Å²) in [6, 6.07) is 0.846. The highest BCUT2D eigenvalue weighted by molar-refractivity contribution is 5.88. The minimum Gasteiger partial charge on any atom is -0.478 e. The summed E-state index contributed by atoms with van der Waals surface area (Å²) in [5, 5.41) is 11.1. The lowest BCUT2D eigenvalue weighted by Gasteiger charge is -2.38. The SMILES string of the molecule is Cc1nc(NN2C(C)CCCC2C)ncc1C(=O)O. The van der Waals surface area contributed by atoms with Crippen molar-refractivity contribution in [3.63, 3.8) is 0 Å². The van der Waals surface area contributed by atoms with E-state index in [0.717, 1.165) is 12.8 Å². The van der Waals surface area contributed by atoms with E-state index in [1.165, 1.54) is 12.6 Å². The van der Waals surface area contributed by atoms with Gasteiger partial charge in [0.15, 0.2) is 0 Å². The van der Waals surface area contributed by atoms with Gasteiger partial charge in [-0.05, 0) is 33.6 Å². The van der Waals surface area contributed by atoms with Crippen molar-refractivity contribution >= 4 is 11.9 Å². The minimum atomic E-state index is -0.997. The number of hydrazine groups is 1. The zero-order valence-electron chi connectivity index (χ0n) is 11.6. The van der Waals surface area contributed by atoms with Gasteiger partial charge in [0, 0.05) is 18.3 Å². The van der Waals surface area contributed by atoms with Crippen molar-refractivity contribution in [3.8, 4) is 0 Å². The van der Waals surface area contributed by atoms with Crippen molar-refractivity contribution in [1.29, 1.82) is 0 Å². The molecule has 1 aliphatic heterocycles. The molecule has 2 N–H and O–H groups in total. The second kappa shape index (κ2) is 5.52. The van der Waals surface area contributed by atoms with Crippen molar-refractivity contribution in [2.75, 3.05) is 5.43 Å². The Balaban J connectivity index is 2.14. The predicted octanol–water partition coefficient (Wildman–Crippen LogP) is 2.07. The van der Waals surface area contributed by atoms with E-state index in [4.69, 9.17) is 5.11 Å². The maximum Gasteiger partial charge on any atom is 0.339 e. The molecule has 6 heteroatoms. The molecule has 1 saturated heterocycles. The molecule has 2 atom stereocenters. The van der Waals surface area contributed by atoms with Gasteiger partial charge in [-0.3, -0.25) is 5.43 Å². The summed E-state index contributed by atoms with van der Waals surface area (Å²) >= 11 is 0. The fourth-order valence-corrected chi connectivity index (χ4v) is 2.49. The fraction of sp³-hybridized carbons (Fsp3) is 0.615. The summed E-state index contributed by atoms with van der Waals surface area (Å²) in [7, 11) is 0. The molecule has 2 heterocycles. The molecule has 19 heavy (non-hydrogen) atoms. The number of hydrogen-bond acceptors (Lipinski definition) is 5. The Hall–Kier alpha value is -1.69. The van der Waals surface area contributed by atoms with Crippen LogP contribution in [-0.2, 0) is 0 Å². The second-order valence-electron chi connectivity index (χ2n) is 5.15. The molecule has 1 fully saturated rings. The number of anilines is 1. The molecule has 2 rings (SSSR count). The molecular formula is C13H20N4O2. The number of nitrogens with one attached hydrogen (secondary N) is 1. The highest BCUT2D eigenvalue weighted by atomic mass is 16.4. The van der Waals surface area contributed by atoms with Crippen molar-refractivity contribution in [2.45, 2.75) is 52.1 Å². The average Bonchev–Trinajstić information content (AvgIpc) is 2.33. The number of aryl methyl sites for hydroxylation is 1.